The molecule has 1 heterocycles. The summed E-state index contributed by atoms with van der Waals surface area (Å²) in [6.45, 7) is 9.13. The zero-order valence-electron chi connectivity index (χ0n) is 19.4. The van der Waals surface area contributed by atoms with Crippen molar-refractivity contribution in [1.82, 2.24) is 4.90 Å². The van der Waals surface area contributed by atoms with Crippen LogP contribution in [0.3, 0.4) is 0 Å². The summed E-state index contributed by atoms with van der Waals surface area (Å²) in [6, 6.07) is 27.7. The van der Waals surface area contributed by atoms with Crippen LogP contribution in [-0.2, 0) is 16.7 Å². The molecule has 4 rings (SSSR count). The Morgan fingerprint density at radius 1 is 0.781 bits per heavy atom. The van der Waals surface area contributed by atoms with Gasteiger partial charge in [-0.1, -0.05) is 0 Å². The molecule has 0 bridgehead atoms. The summed E-state index contributed by atoms with van der Waals surface area (Å²) in [5.41, 5.74) is 7.98. The molecule has 1 aliphatic rings. The van der Waals surface area contributed by atoms with E-state index in [9.17, 15) is 4.79 Å². The molecule has 0 aromatic heterocycles. The van der Waals surface area contributed by atoms with Crippen LogP contribution in [0.2, 0.25) is 5.32 Å². The second kappa shape index (κ2) is 9.48. The topological polar surface area (TPSA) is 20.3 Å². The van der Waals surface area contributed by atoms with E-state index in [4.69, 9.17) is 0 Å². The van der Waals surface area contributed by atoms with Crippen LogP contribution < -0.4 is 0 Å². The van der Waals surface area contributed by atoms with Gasteiger partial charge < -0.3 is 0 Å². The number of amides is 1. The third-order valence-corrected chi connectivity index (χ3v) is 9.23. The molecule has 1 unspecified atom stereocenters. The van der Waals surface area contributed by atoms with E-state index in [0.29, 0.717) is 21.5 Å². The summed E-state index contributed by atoms with van der Waals surface area (Å²) in [4.78, 5) is 15.9. The molecule has 0 aliphatic carbocycles. The molecular formula is C29H31NOSe. The van der Waals surface area contributed by atoms with Gasteiger partial charge in [-0.05, 0) is 0 Å². The van der Waals surface area contributed by atoms with E-state index in [-0.39, 0.29) is 5.91 Å². The SMILES string of the molecule is CC1=C(c2ccc(C)cc2)N(Cc2ccc(C)cc2)C(=O)C1(C)C[Se]Cc1ccccc1. The third kappa shape index (κ3) is 4.60. The van der Waals surface area contributed by atoms with Crippen LogP contribution in [0.1, 0.15) is 41.7 Å². The Hall–Kier alpha value is -2.61. The maximum atomic E-state index is 13.9. The average Bonchev–Trinajstić information content (AvgIpc) is 2.98. The van der Waals surface area contributed by atoms with Gasteiger partial charge in [-0.2, -0.15) is 0 Å². The van der Waals surface area contributed by atoms with Crippen molar-refractivity contribution in [2.75, 3.05) is 0 Å². The van der Waals surface area contributed by atoms with Crippen molar-refractivity contribution < 1.29 is 4.79 Å². The van der Waals surface area contributed by atoms with Gasteiger partial charge in [-0.25, -0.2) is 0 Å². The number of nitrogens with zero attached hydrogens (tertiary/aromatic N) is 1. The van der Waals surface area contributed by atoms with Crippen molar-refractivity contribution in [1.29, 1.82) is 0 Å². The second-order valence-corrected chi connectivity index (χ2v) is 11.1. The van der Waals surface area contributed by atoms with Gasteiger partial charge in [0.15, 0.2) is 0 Å². The van der Waals surface area contributed by atoms with Crippen LogP contribution in [0.15, 0.2) is 84.4 Å². The normalized spacial score (nSPS) is 18.5. The quantitative estimate of drug-likeness (QED) is 0.352. The van der Waals surface area contributed by atoms with Crippen molar-refractivity contribution in [2.24, 2.45) is 5.41 Å². The number of carbonyl (C=O) groups is 1. The summed E-state index contributed by atoms with van der Waals surface area (Å²) >= 11 is 0.352. The van der Waals surface area contributed by atoms with Gasteiger partial charge in [-0.3, -0.25) is 0 Å². The van der Waals surface area contributed by atoms with Crippen molar-refractivity contribution >= 4 is 26.6 Å². The van der Waals surface area contributed by atoms with E-state index in [1.807, 2.05) is 4.90 Å². The summed E-state index contributed by atoms with van der Waals surface area (Å²) in [5, 5.41) is 1.97. The van der Waals surface area contributed by atoms with Gasteiger partial charge in [0, 0.05) is 0 Å². The third-order valence-electron chi connectivity index (χ3n) is 6.46. The number of benzene rings is 3. The molecule has 0 saturated carbocycles. The first-order valence-electron chi connectivity index (χ1n) is 11.2. The van der Waals surface area contributed by atoms with Crippen LogP contribution in [0, 0.1) is 19.3 Å². The fraction of sp³-hybridized carbons (Fsp3) is 0.276. The molecule has 2 nitrogen and oxygen atoms in total. The van der Waals surface area contributed by atoms with Gasteiger partial charge in [0.05, 0.1) is 0 Å². The Labute approximate surface area is 198 Å². The number of hydrogen-bond acceptors (Lipinski definition) is 1. The summed E-state index contributed by atoms with van der Waals surface area (Å²) in [7, 11) is 0. The molecule has 1 aliphatic heterocycles. The fourth-order valence-electron chi connectivity index (χ4n) is 4.25. The van der Waals surface area contributed by atoms with Crippen LogP contribution in [-0.4, -0.2) is 25.8 Å². The Bertz CT molecular complexity index is 1120. The molecule has 3 aromatic rings. The first-order chi connectivity index (χ1) is 15.4. The van der Waals surface area contributed by atoms with Gasteiger partial charge in [0.1, 0.15) is 0 Å². The minimum atomic E-state index is -0.445. The summed E-state index contributed by atoms with van der Waals surface area (Å²) < 4.78 is 0. The average molecular weight is 489 g/mol. The Morgan fingerprint density at radius 3 is 2.00 bits per heavy atom. The summed E-state index contributed by atoms with van der Waals surface area (Å²) in [5.74, 6) is 0.237. The second-order valence-electron chi connectivity index (χ2n) is 9.03. The van der Waals surface area contributed by atoms with Crippen molar-refractivity contribution in [3.63, 3.8) is 0 Å². The minimum absolute atomic E-state index is 0.237. The molecule has 3 heteroatoms. The predicted molar refractivity (Wildman–Crippen MR) is 134 cm³/mol. The van der Waals surface area contributed by atoms with Gasteiger partial charge in [-0.15, -0.1) is 0 Å². The Morgan fingerprint density at radius 2 is 1.38 bits per heavy atom. The molecule has 32 heavy (non-hydrogen) atoms. The van der Waals surface area contributed by atoms with Crippen molar-refractivity contribution in [3.05, 3.63) is 112 Å². The first kappa shape index (κ1) is 22.6. The van der Waals surface area contributed by atoms with Crippen LogP contribution >= 0.6 is 0 Å². The molecule has 0 radical (unpaired) electrons. The molecule has 1 amide bonds. The number of aryl methyl sites for hydroxylation is 2. The molecule has 3 aromatic carbocycles. The molecule has 0 spiro atoms. The van der Waals surface area contributed by atoms with E-state index < -0.39 is 5.41 Å². The van der Waals surface area contributed by atoms with E-state index in [1.54, 1.807) is 0 Å². The van der Waals surface area contributed by atoms with Gasteiger partial charge in [0.2, 0.25) is 0 Å². The van der Waals surface area contributed by atoms with Crippen molar-refractivity contribution in [2.45, 2.75) is 44.9 Å². The number of rotatable bonds is 7. The standard InChI is InChI=1S/C29H31NOSe/c1-21-10-14-24(15-11-21)18-30-27(26-16-12-22(2)13-17-26)23(3)29(4,28(30)31)20-32-19-25-8-6-5-7-9-25/h5-17H,18-20H2,1-4H3. The van der Waals surface area contributed by atoms with Crippen LogP contribution in [0.5, 0.6) is 0 Å². The van der Waals surface area contributed by atoms with Gasteiger partial charge in [0.25, 0.3) is 0 Å². The fourth-order valence-corrected chi connectivity index (χ4v) is 6.93. The Balaban J connectivity index is 1.65. The van der Waals surface area contributed by atoms with E-state index in [2.05, 4.69) is 107 Å². The van der Waals surface area contributed by atoms with Crippen LogP contribution in [0.25, 0.3) is 5.70 Å². The predicted octanol–water partition coefficient (Wildman–Crippen LogP) is 6.41. The molecule has 164 valence electrons. The van der Waals surface area contributed by atoms with E-state index >= 15 is 0 Å². The molecular weight excluding hydrogens is 457 g/mol. The van der Waals surface area contributed by atoms with E-state index in [1.165, 1.54) is 27.8 Å². The first-order valence-corrected chi connectivity index (χ1v) is 13.6. The van der Waals surface area contributed by atoms with Crippen LogP contribution in [0.4, 0.5) is 0 Å². The zero-order chi connectivity index (χ0) is 22.7. The Kier molecular flexibility index (Phi) is 6.69. The van der Waals surface area contributed by atoms with Gasteiger partial charge >= 0.3 is 199 Å². The number of hydrogen-bond donors (Lipinski definition) is 0. The summed E-state index contributed by atoms with van der Waals surface area (Å²) in [6.07, 6.45) is 0. The maximum absolute atomic E-state index is 13.9. The molecule has 0 N–H and O–H groups in total. The number of carbonyl (C=O) groups excluding carboxylic acids is 1. The van der Waals surface area contributed by atoms with E-state index in [0.717, 1.165) is 21.9 Å². The molecule has 1 atom stereocenters. The zero-order valence-corrected chi connectivity index (χ0v) is 21.1. The van der Waals surface area contributed by atoms with Crippen molar-refractivity contribution in [3.8, 4) is 0 Å². The monoisotopic (exact) mass is 489 g/mol. The molecule has 0 saturated heterocycles. The molecule has 0 fully saturated rings.